The lowest BCUT2D eigenvalue weighted by atomic mass is 9.93. The summed E-state index contributed by atoms with van der Waals surface area (Å²) in [6.45, 7) is 2.42. The molecule has 1 saturated heterocycles. The van der Waals surface area contributed by atoms with Crippen molar-refractivity contribution < 1.29 is 14.3 Å². The average molecular weight is 395 g/mol. The molecule has 4 aromatic rings. The first kappa shape index (κ1) is 17.5. The Bertz CT molecular complexity index is 1250. The minimum absolute atomic E-state index is 0.0447. The molecule has 0 aliphatic carbocycles. The van der Waals surface area contributed by atoms with Gasteiger partial charge in [-0.05, 0) is 42.5 Å². The zero-order valence-corrected chi connectivity index (χ0v) is 16.1. The third-order valence-electron chi connectivity index (χ3n) is 5.53. The third kappa shape index (κ3) is 2.57. The van der Waals surface area contributed by atoms with Gasteiger partial charge in [0.05, 0.1) is 16.8 Å². The van der Waals surface area contributed by atoms with Crippen LogP contribution in [-0.2, 0) is 10.4 Å². The molecule has 28 heavy (non-hydrogen) atoms. The van der Waals surface area contributed by atoms with Gasteiger partial charge in [-0.25, -0.2) is 9.37 Å². The lowest BCUT2D eigenvalue weighted by molar-refractivity contribution is -0.136. The van der Waals surface area contributed by atoms with Crippen molar-refractivity contribution in [3.8, 4) is 0 Å². The fraction of sp³-hybridized carbons (Fsp3) is 0.286. The first-order valence-electron chi connectivity index (χ1n) is 9.20. The number of aliphatic hydroxyl groups is 1. The summed E-state index contributed by atoms with van der Waals surface area (Å²) in [7, 11) is 0. The molecular formula is C21H18FN3O2S. The number of aromatic nitrogens is 2. The maximum Gasteiger partial charge on any atom is 0.219 e. The van der Waals surface area contributed by atoms with Crippen molar-refractivity contribution in [3.05, 3.63) is 47.5 Å². The summed E-state index contributed by atoms with van der Waals surface area (Å²) in [5.41, 5.74) is -0.415. The van der Waals surface area contributed by atoms with Gasteiger partial charge in [0.2, 0.25) is 5.91 Å². The molecule has 1 atom stereocenters. The molecule has 7 heteroatoms. The summed E-state index contributed by atoms with van der Waals surface area (Å²) >= 11 is 1.44. The molecule has 0 spiro atoms. The normalized spacial score (nSPS) is 20.3. The summed E-state index contributed by atoms with van der Waals surface area (Å²) in [4.78, 5) is 22.5. The number of benzene rings is 2. The number of thiazole rings is 1. The van der Waals surface area contributed by atoms with E-state index < -0.39 is 5.60 Å². The van der Waals surface area contributed by atoms with Crippen LogP contribution >= 0.6 is 11.3 Å². The van der Waals surface area contributed by atoms with Crippen molar-refractivity contribution in [1.29, 1.82) is 0 Å². The molecule has 1 amide bonds. The Morgan fingerprint density at radius 1 is 1.25 bits per heavy atom. The van der Waals surface area contributed by atoms with E-state index in [2.05, 4.69) is 4.98 Å². The standard InChI is InChI=1S/C21H18FN3O2S/c1-12(26)25-8-2-6-21(27,11-25)20-24-18-14-4-3-13(22)9-16(14)17-10-23-7-5-15(17)19(18)28-20/h3-5,7,9-10,27H,2,6,8,11H2,1H3. The fourth-order valence-electron chi connectivity index (χ4n) is 4.12. The van der Waals surface area contributed by atoms with Crippen LogP contribution in [-0.4, -0.2) is 39.0 Å². The van der Waals surface area contributed by atoms with Gasteiger partial charge < -0.3 is 10.0 Å². The molecule has 3 heterocycles. The van der Waals surface area contributed by atoms with Crippen molar-refractivity contribution in [2.75, 3.05) is 13.1 Å². The Morgan fingerprint density at radius 3 is 2.93 bits per heavy atom. The highest BCUT2D eigenvalue weighted by atomic mass is 32.1. The molecule has 1 aliphatic heterocycles. The van der Waals surface area contributed by atoms with Crippen LogP contribution in [0.3, 0.4) is 0 Å². The van der Waals surface area contributed by atoms with Crippen molar-refractivity contribution in [3.63, 3.8) is 0 Å². The number of rotatable bonds is 1. The van der Waals surface area contributed by atoms with Crippen molar-refractivity contribution in [1.82, 2.24) is 14.9 Å². The first-order valence-corrected chi connectivity index (χ1v) is 10.0. The van der Waals surface area contributed by atoms with Gasteiger partial charge in [0.25, 0.3) is 0 Å². The highest BCUT2D eigenvalue weighted by Gasteiger charge is 2.39. The molecular weight excluding hydrogens is 377 g/mol. The summed E-state index contributed by atoms with van der Waals surface area (Å²) < 4.78 is 14.9. The van der Waals surface area contributed by atoms with E-state index in [0.29, 0.717) is 18.0 Å². The Kier molecular flexibility index (Phi) is 3.86. The molecule has 142 valence electrons. The number of hydrogen-bond acceptors (Lipinski definition) is 5. The lowest BCUT2D eigenvalue weighted by Crippen LogP contribution is -2.47. The van der Waals surface area contributed by atoms with Crippen LogP contribution in [0.2, 0.25) is 0 Å². The quantitative estimate of drug-likeness (QED) is 0.495. The minimum atomic E-state index is -1.17. The number of amides is 1. The zero-order chi connectivity index (χ0) is 19.5. The Hall–Kier alpha value is -2.64. The smallest absolute Gasteiger partial charge is 0.219 e. The molecule has 0 bridgehead atoms. The lowest BCUT2D eigenvalue weighted by Gasteiger charge is -2.37. The number of likely N-dealkylation sites (tertiary alicyclic amines) is 1. The number of fused-ring (bicyclic) bond motifs is 6. The van der Waals surface area contributed by atoms with E-state index in [1.165, 1.54) is 30.4 Å². The third-order valence-corrected chi connectivity index (χ3v) is 6.82. The van der Waals surface area contributed by atoms with Crippen LogP contribution in [0.1, 0.15) is 24.8 Å². The molecule has 0 saturated carbocycles. The van der Waals surface area contributed by atoms with E-state index in [1.807, 2.05) is 6.07 Å². The number of piperidine rings is 1. The highest BCUT2D eigenvalue weighted by molar-refractivity contribution is 7.20. The largest absolute Gasteiger partial charge is 0.381 e. The van der Waals surface area contributed by atoms with Crippen molar-refractivity contribution in [2.45, 2.75) is 25.4 Å². The molecule has 5 nitrogen and oxygen atoms in total. The molecule has 1 unspecified atom stereocenters. The maximum absolute atomic E-state index is 13.9. The number of carbonyl (C=O) groups is 1. The van der Waals surface area contributed by atoms with Crippen LogP contribution in [0.15, 0.2) is 36.7 Å². The van der Waals surface area contributed by atoms with Crippen LogP contribution in [0.5, 0.6) is 0 Å². The molecule has 5 rings (SSSR count). The number of β-amino-alcohol motifs (C(OH)–C–C–N with tert-alkyl or cyclic N) is 1. The number of nitrogens with zero attached hydrogens (tertiary/aromatic N) is 3. The van der Waals surface area contributed by atoms with Crippen molar-refractivity contribution >= 4 is 49.0 Å². The Morgan fingerprint density at radius 2 is 2.11 bits per heavy atom. The molecule has 2 aromatic heterocycles. The highest BCUT2D eigenvalue weighted by Crippen LogP contribution is 2.42. The minimum Gasteiger partial charge on any atom is -0.381 e. The first-order chi connectivity index (χ1) is 13.5. The number of carbonyl (C=O) groups excluding carboxylic acids is 1. The van der Waals surface area contributed by atoms with E-state index in [9.17, 15) is 14.3 Å². The molecule has 1 N–H and O–H groups in total. The molecule has 2 aromatic carbocycles. The maximum atomic E-state index is 13.9. The number of halogens is 1. The molecule has 0 radical (unpaired) electrons. The second-order valence-electron chi connectivity index (χ2n) is 7.38. The van der Waals surface area contributed by atoms with E-state index in [4.69, 9.17) is 4.98 Å². The predicted molar refractivity (Wildman–Crippen MR) is 108 cm³/mol. The second-order valence-corrected chi connectivity index (χ2v) is 8.38. The van der Waals surface area contributed by atoms with Gasteiger partial charge in [0.1, 0.15) is 16.4 Å². The predicted octanol–water partition coefficient (Wildman–Crippen LogP) is 3.97. The fourth-order valence-corrected chi connectivity index (χ4v) is 5.34. The van der Waals surface area contributed by atoms with Crippen LogP contribution < -0.4 is 0 Å². The van der Waals surface area contributed by atoms with Gasteiger partial charge in [-0.15, -0.1) is 11.3 Å². The van der Waals surface area contributed by atoms with Gasteiger partial charge in [0, 0.05) is 42.0 Å². The van der Waals surface area contributed by atoms with E-state index in [-0.39, 0.29) is 18.3 Å². The van der Waals surface area contributed by atoms with Crippen LogP contribution in [0.25, 0.3) is 31.8 Å². The average Bonchev–Trinajstić information content (AvgIpc) is 3.15. The van der Waals surface area contributed by atoms with Crippen LogP contribution in [0.4, 0.5) is 4.39 Å². The second kappa shape index (κ2) is 6.18. The van der Waals surface area contributed by atoms with Gasteiger partial charge in [-0.2, -0.15) is 0 Å². The van der Waals surface area contributed by atoms with E-state index in [0.717, 1.165) is 38.2 Å². The van der Waals surface area contributed by atoms with Gasteiger partial charge in [-0.3, -0.25) is 9.78 Å². The summed E-state index contributed by atoms with van der Waals surface area (Å²) in [6.07, 6.45) is 4.73. The molecule has 1 aliphatic rings. The van der Waals surface area contributed by atoms with E-state index in [1.54, 1.807) is 23.4 Å². The van der Waals surface area contributed by atoms with E-state index >= 15 is 0 Å². The van der Waals surface area contributed by atoms with Crippen molar-refractivity contribution in [2.24, 2.45) is 0 Å². The summed E-state index contributed by atoms with van der Waals surface area (Å²) in [5, 5.41) is 15.3. The van der Waals surface area contributed by atoms with Gasteiger partial charge in [-0.1, -0.05) is 0 Å². The zero-order valence-electron chi connectivity index (χ0n) is 15.3. The Balaban J connectivity index is 1.78. The number of pyridine rings is 1. The van der Waals surface area contributed by atoms with Gasteiger partial charge in [0.15, 0.2) is 0 Å². The Labute approximate surface area is 164 Å². The monoisotopic (exact) mass is 395 g/mol. The summed E-state index contributed by atoms with van der Waals surface area (Å²) in [5.74, 6) is -0.354. The van der Waals surface area contributed by atoms with Gasteiger partial charge >= 0.3 is 0 Å². The van der Waals surface area contributed by atoms with Crippen LogP contribution in [0, 0.1) is 5.82 Å². The number of hydrogen-bond donors (Lipinski definition) is 1. The molecule has 1 fully saturated rings. The summed E-state index contributed by atoms with van der Waals surface area (Å²) in [6, 6.07) is 6.56. The SMILES string of the molecule is CC(=O)N1CCCC(O)(c2nc3c4ccc(F)cc4c4cnccc4c3s2)C1. The topological polar surface area (TPSA) is 66.3 Å².